The summed E-state index contributed by atoms with van der Waals surface area (Å²) in [5.74, 6) is 0. The van der Waals surface area contributed by atoms with E-state index in [2.05, 4.69) is 5.32 Å². The summed E-state index contributed by atoms with van der Waals surface area (Å²) in [6, 6.07) is 3.68. The molecule has 0 bridgehead atoms. The smallest absolute Gasteiger partial charge is 0.407 e. The van der Waals surface area contributed by atoms with Crippen LogP contribution < -0.4 is 5.32 Å². The largest absolute Gasteiger partial charge is 0.444 e. The molecular weight excluding hydrogens is 262 g/mol. The lowest BCUT2D eigenvalue weighted by molar-refractivity contribution is 0.0528. The molecule has 1 amide bonds. The number of thiophene rings is 1. The molecule has 4 nitrogen and oxygen atoms in total. The lowest BCUT2D eigenvalue weighted by Crippen LogP contribution is -2.32. The molecule has 0 aromatic carbocycles. The van der Waals surface area contributed by atoms with Gasteiger partial charge in [-0.05, 0) is 45.4 Å². The van der Waals surface area contributed by atoms with Gasteiger partial charge in [0.05, 0.1) is 4.88 Å². The molecule has 1 N–H and O–H groups in total. The first-order valence-corrected chi connectivity index (χ1v) is 6.91. The van der Waals surface area contributed by atoms with Crippen LogP contribution >= 0.6 is 11.3 Å². The summed E-state index contributed by atoms with van der Waals surface area (Å²) in [4.78, 5) is 23.6. The van der Waals surface area contributed by atoms with Gasteiger partial charge in [0.1, 0.15) is 5.60 Å². The molecule has 0 unspecified atom stereocenters. The van der Waals surface area contributed by atoms with Crippen LogP contribution in [0.25, 0.3) is 6.08 Å². The Kier molecular flexibility index (Phi) is 5.76. The van der Waals surface area contributed by atoms with Gasteiger partial charge in [-0.2, -0.15) is 0 Å². The minimum atomic E-state index is -0.470. The molecule has 1 aromatic rings. The van der Waals surface area contributed by atoms with Crippen LogP contribution in [0.5, 0.6) is 0 Å². The monoisotopic (exact) mass is 281 g/mol. The Morgan fingerprint density at radius 1 is 1.37 bits per heavy atom. The van der Waals surface area contributed by atoms with Crippen molar-refractivity contribution in [3.05, 3.63) is 28.0 Å². The Labute approximate surface area is 117 Å². The molecule has 0 saturated heterocycles. The quantitative estimate of drug-likeness (QED) is 0.664. The number of hydrogen-bond donors (Lipinski definition) is 1. The molecular formula is C14H19NO3S. The SMILES string of the molecule is CC(C)(C)OC(=O)NCCC=Cc1ccc(C=O)s1. The van der Waals surface area contributed by atoms with Crippen LogP contribution in [0.1, 0.15) is 41.7 Å². The first kappa shape index (κ1) is 15.4. The Hall–Kier alpha value is -1.62. The van der Waals surface area contributed by atoms with Crippen molar-refractivity contribution in [1.29, 1.82) is 0 Å². The van der Waals surface area contributed by atoms with Crippen molar-refractivity contribution < 1.29 is 14.3 Å². The van der Waals surface area contributed by atoms with Crippen molar-refractivity contribution >= 4 is 29.8 Å². The van der Waals surface area contributed by atoms with Gasteiger partial charge >= 0.3 is 6.09 Å². The summed E-state index contributed by atoms with van der Waals surface area (Å²) in [6.45, 7) is 6.01. The summed E-state index contributed by atoms with van der Waals surface area (Å²) in [7, 11) is 0. The lowest BCUT2D eigenvalue weighted by atomic mass is 10.2. The number of rotatable bonds is 5. The maximum atomic E-state index is 11.3. The third-order valence-electron chi connectivity index (χ3n) is 2.03. The van der Waals surface area contributed by atoms with Crippen LogP contribution in [0, 0.1) is 0 Å². The second-order valence-corrected chi connectivity index (χ2v) is 6.12. The zero-order chi connectivity index (χ0) is 14.3. The number of amides is 1. The molecule has 1 aromatic heterocycles. The van der Waals surface area contributed by atoms with E-state index in [0.29, 0.717) is 17.8 Å². The van der Waals surface area contributed by atoms with Crippen LogP contribution in [0.3, 0.4) is 0 Å². The van der Waals surface area contributed by atoms with Crippen molar-refractivity contribution in [2.45, 2.75) is 32.8 Å². The Bertz CT molecular complexity index is 458. The first-order chi connectivity index (χ1) is 8.90. The fourth-order valence-corrected chi connectivity index (χ4v) is 2.05. The van der Waals surface area contributed by atoms with Crippen molar-refractivity contribution in [2.75, 3.05) is 6.54 Å². The molecule has 0 spiro atoms. The van der Waals surface area contributed by atoms with Gasteiger partial charge in [0.15, 0.2) is 6.29 Å². The second-order valence-electron chi connectivity index (χ2n) is 4.98. The van der Waals surface area contributed by atoms with Crippen molar-refractivity contribution in [2.24, 2.45) is 0 Å². The number of alkyl carbamates (subject to hydrolysis) is 1. The van der Waals surface area contributed by atoms with E-state index in [1.807, 2.05) is 39.0 Å². The summed E-state index contributed by atoms with van der Waals surface area (Å²) in [6.07, 6.45) is 5.05. The van der Waals surface area contributed by atoms with E-state index >= 15 is 0 Å². The molecule has 0 aliphatic rings. The molecule has 0 aliphatic carbocycles. The van der Waals surface area contributed by atoms with Crippen molar-refractivity contribution in [3.63, 3.8) is 0 Å². The number of aldehydes is 1. The minimum absolute atomic E-state index is 0.403. The molecule has 0 saturated carbocycles. The first-order valence-electron chi connectivity index (χ1n) is 6.09. The van der Waals surface area contributed by atoms with Crippen LogP contribution in [0.15, 0.2) is 18.2 Å². The van der Waals surface area contributed by atoms with Crippen molar-refractivity contribution in [3.8, 4) is 0 Å². The summed E-state index contributed by atoms with van der Waals surface area (Å²) in [5.41, 5.74) is -0.470. The molecule has 1 rings (SSSR count). The average Bonchev–Trinajstić information content (AvgIpc) is 2.74. The summed E-state index contributed by atoms with van der Waals surface area (Å²) >= 11 is 1.44. The van der Waals surface area contributed by atoms with Crippen LogP contribution in [0.4, 0.5) is 4.79 Å². The molecule has 104 valence electrons. The molecule has 0 atom stereocenters. The van der Waals surface area contributed by atoms with Crippen LogP contribution in [0.2, 0.25) is 0 Å². The van der Waals surface area contributed by atoms with Crippen LogP contribution in [-0.4, -0.2) is 24.5 Å². The standard InChI is InChI=1S/C14H19NO3S/c1-14(2,3)18-13(17)15-9-5-4-6-11-7-8-12(10-16)19-11/h4,6-8,10H,5,9H2,1-3H3,(H,15,17). The highest BCUT2D eigenvalue weighted by Crippen LogP contribution is 2.16. The van der Waals surface area contributed by atoms with Gasteiger partial charge in [-0.3, -0.25) is 4.79 Å². The van der Waals surface area contributed by atoms with Gasteiger partial charge in [0.25, 0.3) is 0 Å². The van der Waals surface area contributed by atoms with Gasteiger partial charge in [0.2, 0.25) is 0 Å². The molecule has 0 aliphatic heterocycles. The number of carbonyl (C=O) groups is 2. The van der Waals surface area contributed by atoms with Gasteiger partial charge in [-0.25, -0.2) is 4.79 Å². The van der Waals surface area contributed by atoms with E-state index in [-0.39, 0.29) is 0 Å². The highest BCUT2D eigenvalue weighted by molar-refractivity contribution is 7.14. The van der Waals surface area contributed by atoms with E-state index in [9.17, 15) is 9.59 Å². The predicted molar refractivity (Wildman–Crippen MR) is 77.6 cm³/mol. The van der Waals surface area contributed by atoms with Crippen molar-refractivity contribution in [1.82, 2.24) is 5.32 Å². The summed E-state index contributed by atoms with van der Waals surface area (Å²) < 4.78 is 5.11. The predicted octanol–water partition coefficient (Wildman–Crippen LogP) is 3.49. The molecule has 0 fully saturated rings. The Morgan fingerprint density at radius 3 is 2.63 bits per heavy atom. The fraction of sp³-hybridized carbons (Fsp3) is 0.429. The van der Waals surface area contributed by atoms with E-state index in [4.69, 9.17) is 4.74 Å². The molecule has 19 heavy (non-hydrogen) atoms. The fourth-order valence-electron chi connectivity index (χ4n) is 1.29. The van der Waals surface area contributed by atoms with Gasteiger partial charge in [-0.1, -0.05) is 6.08 Å². The normalized spacial score (nSPS) is 11.5. The van der Waals surface area contributed by atoms with E-state index in [1.165, 1.54) is 11.3 Å². The maximum Gasteiger partial charge on any atom is 0.407 e. The third-order valence-corrected chi connectivity index (χ3v) is 3.00. The number of hydrogen-bond acceptors (Lipinski definition) is 4. The van der Waals surface area contributed by atoms with E-state index in [0.717, 1.165) is 11.2 Å². The van der Waals surface area contributed by atoms with Gasteiger partial charge in [-0.15, -0.1) is 11.3 Å². The minimum Gasteiger partial charge on any atom is -0.444 e. The van der Waals surface area contributed by atoms with E-state index in [1.54, 1.807) is 6.07 Å². The Balaban J connectivity index is 2.23. The van der Waals surface area contributed by atoms with Crippen LogP contribution in [-0.2, 0) is 4.74 Å². The molecule has 5 heteroatoms. The zero-order valence-corrected chi connectivity index (χ0v) is 12.3. The van der Waals surface area contributed by atoms with Gasteiger partial charge in [0, 0.05) is 11.4 Å². The second kappa shape index (κ2) is 7.09. The average molecular weight is 281 g/mol. The highest BCUT2D eigenvalue weighted by Gasteiger charge is 2.15. The lowest BCUT2D eigenvalue weighted by Gasteiger charge is -2.19. The third kappa shape index (κ3) is 6.76. The number of ether oxygens (including phenoxy) is 1. The highest BCUT2D eigenvalue weighted by atomic mass is 32.1. The van der Waals surface area contributed by atoms with Gasteiger partial charge < -0.3 is 10.1 Å². The maximum absolute atomic E-state index is 11.3. The number of nitrogens with one attached hydrogen (secondary N) is 1. The van der Waals surface area contributed by atoms with E-state index < -0.39 is 11.7 Å². The Morgan fingerprint density at radius 2 is 2.05 bits per heavy atom. The molecule has 1 heterocycles. The zero-order valence-electron chi connectivity index (χ0n) is 11.4. The summed E-state index contributed by atoms with van der Waals surface area (Å²) in [5, 5.41) is 2.68. The number of carbonyl (C=O) groups excluding carboxylic acids is 2. The topological polar surface area (TPSA) is 55.4 Å². The molecule has 0 radical (unpaired) electrons.